The van der Waals surface area contributed by atoms with Crippen LogP contribution >= 0.6 is 0 Å². The van der Waals surface area contributed by atoms with E-state index in [2.05, 4.69) is 35.8 Å². The molecule has 6 aromatic rings. The SMILES string of the molecule is O=C(O)C1=NN(c2ccc(S(=O)(=O)O)cc2)C(=O)C1/N=N/c1ccc2c(O)c(/N=N/c3cc(OCCO)c(/N=N/c4cc5c(S(=O)(=O)O)cc(S(=O)(=O)O)cc5cc4S(=O)(=O)O)cc3OCCO)c(S(=O)O)cc2c1. The van der Waals surface area contributed by atoms with Crippen molar-refractivity contribution in [2.45, 2.75) is 30.5 Å². The van der Waals surface area contributed by atoms with E-state index in [9.17, 15) is 90.7 Å². The van der Waals surface area contributed by atoms with Crippen LogP contribution in [0.2, 0.25) is 0 Å². The van der Waals surface area contributed by atoms with E-state index in [1.54, 1.807) is 0 Å². The maximum absolute atomic E-state index is 13.3. The first-order valence-corrected chi connectivity index (χ1v) is 27.0. The van der Waals surface area contributed by atoms with Crippen LogP contribution in [-0.2, 0) is 61.1 Å². The average Bonchev–Trinajstić information content (AvgIpc) is 3.67. The Balaban J connectivity index is 1.26. The Morgan fingerprint density at radius 1 is 0.640 bits per heavy atom. The lowest BCUT2D eigenvalue weighted by molar-refractivity contribution is -0.130. The Labute approximate surface area is 422 Å². The van der Waals surface area contributed by atoms with Gasteiger partial charge in [-0.15, -0.1) is 20.5 Å². The molecular formula is C40H32N8O22S5. The van der Waals surface area contributed by atoms with Crippen LogP contribution in [0, 0.1) is 0 Å². The molecule has 1 aliphatic rings. The van der Waals surface area contributed by atoms with Gasteiger partial charge in [-0.1, -0.05) is 0 Å². The number of hydrazone groups is 1. The molecule has 0 spiro atoms. The summed E-state index contributed by atoms with van der Waals surface area (Å²) in [6, 6.07) is 11.3. The van der Waals surface area contributed by atoms with Gasteiger partial charge in [0.25, 0.3) is 46.4 Å². The zero-order valence-electron chi connectivity index (χ0n) is 36.9. The van der Waals surface area contributed by atoms with Crippen LogP contribution in [0.4, 0.5) is 34.1 Å². The van der Waals surface area contributed by atoms with Crippen molar-refractivity contribution < 1.29 is 100 Å². The Morgan fingerprint density at radius 2 is 1.20 bits per heavy atom. The number of carbonyl (C=O) groups is 2. The first kappa shape index (κ1) is 55.1. The lowest BCUT2D eigenvalue weighted by atomic mass is 10.1. The van der Waals surface area contributed by atoms with Gasteiger partial charge in [0, 0.05) is 22.9 Å². The summed E-state index contributed by atoms with van der Waals surface area (Å²) in [7, 11) is -20.4. The summed E-state index contributed by atoms with van der Waals surface area (Å²) in [5.74, 6) is -4.09. The minimum absolute atomic E-state index is 0.0210. The molecule has 9 N–H and O–H groups in total. The highest BCUT2D eigenvalue weighted by Crippen LogP contribution is 2.46. The molecule has 0 saturated carbocycles. The van der Waals surface area contributed by atoms with Crippen LogP contribution in [0.3, 0.4) is 0 Å². The van der Waals surface area contributed by atoms with E-state index >= 15 is 0 Å². The maximum Gasteiger partial charge on any atom is 0.355 e. The minimum Gasteiger partial charge on any atom is -0.505 e. The van der Waals surface area contributed by atoms with Crippen molar-refractivity contribution in [2.75, 3.05) is 31.4 Å². The number of carboxylic acids is 1. The highest BCUT2D eigenvalue weighted by atomic mass is 32.2. The van der Waals surface area contributed by atoms with Gasteiger partial charge in [0.1, 0.15) is 57.3 Å². The third kappa shape index (κ3) is 12.1. The molecule has 0 radical (unpaired) electrons. The predicted molar refractivity (Wildman–Crippen MR) is 255 cm³/mol. The van der Waals surface area contributed by atoms with Crippen LogP contribution in [0.25, 0.3) is 21.5 Å². The van der Waals surface area contributed by atoms with E-state index in [0.717, 1.165) is 42.5 Å². The average molecular weight is 1140 g/mol. The number of fused-ring (bicyclic) bond motifs is 2. The molecule has 0 saturated heterocycles. The second kappa shape index (κ2) is 21.3. The first-order valence-electron chi connectivity index (χ1n) is 20.2. The number of rotatable bonds is 19. The number of carboxylic acid groups (broad SMARTS) is 1. The smallest absolute Gasteiger partial charge is 0.355 e. The standard InChI is InChI=1S/C40H32N8O22S5/c49-7-9-69-30-18-28(31(70-10-8-50)17-27(30)42-44-29-16-26-20(14-34(29)75(66,67)68)12-24(73(60,61)62)15-33(26)74(63,64)65)43-45-35-32(71(55)56)13-19-11-21(1-6-25(19)38(35)51)41-46-36-37(40(53)54)47-48(39(36)52)22-2-4-23(5-3-22)72(57,58)59/h1-6,11-18,36,49-51H,7-10H2,(H,53,54)(H,55,56)(H,57,58,59)(H,60,61,62)(H,63,64,65)(H,66,67,68)/b44-42+,45-43+,46-41+. The van der Waals surface area contributed by atoms with E-state index in [4.69, 9.17) is 9.47 Å². The summed E-state index contributed by atoms with van der Waals surface area (Å²) in [6.07, 6.45) is 0. The van der Waals surface area contributed by atoms with Gasteiger partial charge in [-0.05, 0) is 83.6 Å². The van der Waals surface area contributed by atoms with Gasteiger partial charge in [-0.3, -0.25) is 23.0 Å². The summed E-state index contributed by atoms with van der Waals surface area (Å²) >= 11 is -2.93. The van der Waals surface area contributed by atoms with Gasteiger partial charge in [0.2, 0.25) is 6.04 Å². The number of aliphatic carboxylic acids is 1. The lowest BCUT2D eigenvalue weighted by Gasteiger charge is -2.13. The van der Waals surface area contributed by atoms with E-state index in [1.807, 2.05) is 0 Å². The number of aliphatic hydroxyl groups is 2. The van der Waals surface area contributed by atoms with Crippen LogP contribution in [0.5, 0.6) is 17.2 Å². The van der Waals surface area contributed by atoms with Crippen molar-refractivity contribution in [2.24, 2.45) is 35.8 Å². The number of hydrogen-bond acceptors (Lipinski definition) is 23. The topological polar surface area (TPSA) is 478 Å². The number of phenolic OH excluding ortho intramolecular Hbond substituents is 1. The molecule has 1 aliphatic heterocycles. The number of benzene rings is 6. The number of hydrogen-bond donors (Lipinski definition) is 9. The van der Waals surface area contributed by atoms with E-state index in [1.165, 1.54) is 18.2 Å². The maximum atomic E-state index is 13.3. The fourth-order valence-electron chi connectivity index (χ4n) is 6.82. The highest BCUT2D eigenvalue weighted by Gasteiger charge is 2.41. The lowest BCUT2D eigenvalue weighted by Crippen LogP contribution is -2.33. The summed E-state index contributed by atoms with van der Waals surface area (Å²) < 4.78 is 169. The Bertz CT molecular complexity index is 3990. The van der Waals surface area contributed by atoms with Gasteiger partial charge >= 0.3 is 5.97 Å². The summed E-state index contributed by atoms with van der Waals surface area (Å²) in [6.45, 7) is -2.14. The zero-order valence-corrected chi connectivity index (χ0v) is 41.0. The number of anilines is 1. The number of ether oxygens (including phenoxy) is 2. The largest absolute Gasteiger partial charge is 0.505 e. The number of aromatic hydroxyl groups is 1. The van der Waals surface area contributed by atoms with E-state index in [-0.39, 0.29) is 45.0 Å². The van der Waals surface area contributed by atoms with E-state index < -0.39 is 154 Å². The molecule has 2 unspecified atom stereocenters. The highest BCUT2D eigenvalue weighted by molar-refractivity contribution is 7.87. The molecule has 394 valence electrons. The van der Waals surface area contributed by atoms with Crippen molar-refractivity contribution in [1.29, 1.82) is 0 Å². The third-order valence-electron chi connectivity index (χ3n) is 10.1. The van der Waals surface area contributed by atoms with Crippen LogP contribution in [0.1, 0.15) is 0 Å². The molecule has 0 aromatic heterocycles. The first-order chi connectivity index (χ1) is 35.1. The molecule has 1 heterocycles. The molecule has 0 aliphatic carbocycles. The second-order valence-corrected chi connectivity index (χ2v) is 21.5. The normalized spacial score (nSPS) is 15.2. The van der Waals surface area contributed by atoms with Gasteiger partial charge < -0.3 is 34.5 Å². The zero-order chi connectivity index (χ0) is 54.9. The predicted octanol–water partition coefficient (Wildman–Crippen LogP) is 4.78. The van der Waals surface area contributed by atoms with Crippen LogP contribution in [0.15, 0.2) is 145 Å². The fraction of sp³-hybridized carbons (Fsp3) is 0.125. The quantitative estimate of drug-likeness (QED) is 0.0299. The van der Waals surface area contributed by atoms with Crippen molar-refractivity contribution in [3.8, 4) is 17.2 Å². The molecule has 2 atom stereocenters. The monoisotopic (exact) mass is 1140 g/mol. The van der Waals surface area contributed by atoms with Gasteiger partial charge in [0.15, 0.2) is 22.5 Å². The van der Waals surface area contributed by atoms with Gasteiger partial charge in [-0.25, -0.2) is 9.00 Å². The Hall–Kier alpha value is -7.68. The van der Waals surface area contributed by atoms with Gasteiger partial charge in [-0.2, -0.15) is 54.0 Å². The molecule has 75 heavy (non-hydrogen) atoms. The fourth-order valence-corrected chi connectivity index (χ4v) is 9.82. The summed E-state index contributed by atoms with van der Waals surface area (Å²) in [5.41, 5.74) is -3.07. The molecule has 30 nitrogen and oxygen atoms in total. The molecule has 7 rings (SSSR count). The van der Waals surface area contributed by atoms with Crippen molar-refractivity contribution in [3.05, 3.63) is 84.9 Å². The number of amides is 1. The molecular weight excluding hydrogens is 1100 g/mol. The molecule has 35 heteroatoms. The summed E-state index contributed by atoms with van der Waals surface area (Å²) in [4.78, 5) is 20.9. The molecule has 0 fully saturated rings. The molecule has 6 aromatic carbocycles. The van der Waals surface area contributed by atoms with E-state index in [0.29, 0.717) is 29.3 Å². The summed E-state index contributed by atoms with van der Waals surface area (Å²) in [5, 5.41) is 67.2. The third-order valence-corrected chi connectivity index (χ3v) is 14.3. The Kier molecular flexibility index (Phi) is 15.6. The molecule has 1 amide bonds. The second-order valence-electron chi connectivity index (χ2n) is 15.0. The number of nitrogens with zero attached hydrogens (tertiary/aromatic N) is 8. The Morgan fingerprint density at radius 3 is 1.73 bits per heavy atom. The minimum atomic E-state index is -5.31. The number of phenols is 1. The van der Waals surface area contributed by atoms with Crippen molar-refractivity contribution in [1.82, 2.24) is 0 Å². The number of azo groups is 3. The van der Waals surface area contributed by atoms with Crippen LogP contribution in [-0.4, -0.2) is 131 Å². The van der Waals surface area contributed by atoms with Crippen LogP contribution < -0.4 is 14.5 Å². The number of aliphatic hydroxyl groups excluding tert-OH is 2. The number of carbonyl (C=O) groups excluding carboxylic acids is 1. The van der Waals surface area contributed by atoms with Crippen molar-refractivity contribution in [3.63, 3.8) is 0 Å². The van der Waals surface area contributed by atoms with Crippen molar-refractivity contribution >= 4 is 125 Å². The molecule has 0 bridgehead atoms. The van der Waals surface area contributed by atoms with Gasteiger partial charge in [0.05, 0.1) is 39.3 Å².